The molecule has 2 atom stereocenters. The normalized spacial score (nSPS) is 14.6. The molecule has 1 nitrogen and oxygen atoms in total. The van der Waals surface area contributed by atoms with E-state index in [4.69, 9.17) is 11.6 Å². The summed E-state index contributed by atoms with van der Waals surface area (Å²) in [7, 11) is 0. The van der Waals surface area contributed by atoms with E-state index < -0.39 is 0 Å². The van der Waals surface area contributed by atoms with Crippen LogP contribution in [0, 0.1) is 0 Å². The van der Waals surface area contributed by atoms with Gasteiger partial charge in [-0.1, -0.05) is 37.6 Å². The molecule has 1 aromatic carbocycles. The van der Waals surface area contributed by atoms with Crippen LogP contribution in [0.3, 0.4) is 0 Å². The molecule has 2 unspecified atom stereocenters. The van der Waals surface area contributed by atoms with Crippen LogP contribution < -0.4 is 5.32 Å². The third-order valence-corrected chi connectivity index (χ3v) is 4.30. The van der Waals surface area contributed by atoms with Crippen molar-refractivity contribution in [2.75, 3.05) is 6.54 Å². The second-order valence-corrected chi connectivity index (χ2v) is 6.33. The Hall–Kier alpha value is -0.180. The number of rotatable bonds is 7. The molecule has 1 aromatic rings. The summed E-state index contributed by atoms with van der Waals surface area (Å²) in [5, 5.41) is 4.98. The Morgan fingerprint density at radius 3 is 2.47 bits per heavy atom. The van der Waals surface area contributed by atoms with E-state index in [-0.39, 0.29) is 0 Å². The van der Waals surface area contributed by atoms with Crippen molar-refractivity contribution in [2.24, 2.45) is 0 Å². The number of halogens is 1. The van der Waals surface area contributed by atoms with Gasteiger partial charge in [0.1, 0.15) is 0 Å². The summed E-state index contributed by atoms with van der Waals surface area (Å²) >= 11 is 7.84. The number of hydrogen-bond acceptors (Lipinski definition) is 2. The van der Waals surface area contributed by atoms with E-state index in [2.05, 4.69) is 38.2 Å². The van der Waals surface area contributed by atoms with Gasteiger partial charge in [-0.25, -0.2) is 0 Å². The summed E-state index contributed by atoms with van der Waals surface area (Å²) in [6.07, 6.45) is 1.19. The van der Waals surface area contributed by atoms with Crippen LogP contribution in [0.5, 0.6) is 0 Å². The maximum absolute atomic E-state index is 5.86. The zero-order valence-corrected chi connectivity index (χ0v) is 12.4. The third-order valence-electron chi connectivity index (χ3n) is 2.81. The minimum atomic E-state index is 0.619. The molecule has 0 heterocycles. The fourth-order valence-electron chi connectivity index (χ4n) is 1.39. The predicted molar refractivity (Wildman–Crippen MR) is 80.0 cm³/mol. The molecule has 0 aliphatic heterocycles. The first-order valence-corrected chi connectivity index (χ1v) is 7.64. The lowest BCUT2D eigenvalue weighted by molar-refractivity contribution is 0.537. The molecule has 0 saturated carbocycles. The largest absolute Gasteiger partial charge is 0.313 e. The van der Waals surface area contributed by atoms with Crippen molar-refractivity contribution in [3.05, 3.63) is 34.9 Å². The van der Waals surface area contributed by atoms with Crippen LogP contribution in [0.25, 0.3) is 0 Å². The fourth-order valence-corrected chi connectivity index (χ4v) is 2.40. The molecule has 3 heteroatoms. The highest BCUT2D eigenvalue weighted by atomic mass is 35.5. The van der Waals surface area contributed by atoms with Crippen molar-refractivity contribution < 1.29 is 0 Å². The monoisotopic (exact) mass is 271 g/mol. The molecule has 96 valence electrons. The minimum Gasteiger partial charge on any atom is -0.313 e. The lowest BCUT2D eigenvalue weighted by Gasteiger charge is -2.16. The molecule has 0 aromatic heterocycles. The van der Waals surface area contributed by atoms with Crippen molar-refractivity contribution in [2.45, 2.75) is 44.2 Å². The highest BCUT2D eigenvalue weighted by molar-refractivity contribution is 7.99. The smallest absolute Gasteiger partial charge is 0.0406 e. The molecule has 0 amide bonds. The second kappa shape index (κ2) is 8.02. The molecule has 0 saturated heterocycles. The van der Waals surface area contributed by atoms with Crippen molar-refractivity contribution in [3.63, 3.8) is 0 Å². The van der Waals surface area contributed by atoms with E-state index >= 15 is 0 Å². The van der Waals surface area contributed by atoms with Gasteiger partial charge >= 0.3 is 0 Å². The summed E-state index contributed by atoms with van der Waals surface area (Å²) in [4.78, 5) is 0. The Morgan fingerprint density at radius 2 is 1.88 bits per heavy atom. The minimum absolute atomic E-state index is 0.619. The summed E-state index contributed by atoms with van der Waals surface area (Å²) in [5.41, 5.74) is 1.34. The van der Waals surface area contributed by atoms with Crippen molar-refractivity contribution in [1.29, 1.82) is 0 Å². The van der Waals surface area contributed by atoms with Crippen LogP contribution in [0.4, 0.5) is 0 Å². The van der Waals surface area contributed by atoms with Crippen molar-refractivity contribution in [3.8, 4) is 0 Å². The Bertz CT molecular complexity index is 313. The molecule has 0 radical (unpaired) electrons. The molecule has 1 N–H and O–H groups in total. The van der Waals surface area contributed by atoms with Gasteiger partial charge in [-0.05, 0) is 31.0 Å². The molecular formula is C14H22ClNS. The van der Waals surface area contributed by atoms with E-state index in [1.54, 1.807) is 0 Å². The van der Waals surface area contributed by atoms with Gasteiger partial charge in [0.2, 0.25) is 0 Å². The second-order valence-electron chi connectivity index (χ2n) is 4.47. The summed E-state index contributed by atoms with van der Waals surface area (Å²) in [5.74, 6) is 1.06. The first-order valence-electron chi connectivity index (χ1n) is 6.21. The van der Waals surface area contributed by atoms with Gasteiger partial charge in [0.05, 0.1) is 0 Å². The van der Waals surface area contributed by atoms with E-state index in [0.29, 0.717) is 11.3 Å². The van der Waals surface area contributed by atoms with Gasteiger partial charge in [0.25, 0.3) is 0 Å². The van der Waals surface area contributed by atoms with E-state index in [9.17, 15) is 0 Å². The van der Waals surface area contributed by atoms with Crippen molar-refractivity contribution in [1.82, 2.24) is 5.32 Å². The number of nitrogens with one attached hydrogen (secondary N) is 1. The highest BCUT2D eigenvalue weighted by Crippen LogP contribution is 2.19. The topological polar surface area (TPSA) is 12.0 Å². The van der Waals surface area contributed by atoms with Crippen LogP contribution in [0.2, 0.25) is 5.02 Å². The highest BCUT2D eigenvalue weighted by Gasteiger charge is 2.05. The van der Waals surface area contributed by atoms with Gasteiger partial charge < -0.3 is 5.32 Å². The van der Waals surface area contributed by atoms with Crippen LogP contribution in [0.15, 0.2) is 24.3 Å². The van der Waals surface area contributed by atoms with Crippen molar-refractivity contribution >= 4 is 23.4 Å². The molecule has 17 heavy (non-hydrogen) atoms. The molecular weight excluding hydrogens is 250 g/mol. The van der Waals surface area contributed by atoms with E-state index in [1.807, 2.05) is 23.9 Å². The first-order chi connectivity index (χ1) is 8.11. The van der Waals surface area contributed by atoms with Crippen LogP contribution in [-0.2, 0) is 5.75 Å². The summed E-state index contributed by atoms with van der Waals surface area (Å²) in [6, 6.07) is 8.74. The Labute approximate surface area is 114 Å². The van der Waals surface area contributed by atoms with Gasteiger partial charge in [0, 0.05) is 28.6 Å². The molecule has 0 aliphatic rings. The quantitative estimate of drug-likeness (QED) is 0.791. The Balaban J connectivity index is 2.23. The zero-order chi connectivity index (χ0) is 12.7. The Kier molecular flexibility index (Phi) is 7.02. The zero-order valence-electron chi connectivity index (χ0n) is 10.9. The summed E-state index contributed by atoms with van der Waals surface area (Å²) < 4.78 is 0. The number of thioether (sulfide) groups is 1. The maximum Gasteiger partial charge on any atom is 0.0406 e. The third kappa shape index (κ3) is 6.35. The number of benzene rings is 1. The lowest BCUT2D eigenvalue weighted by Crippen LogP contribution is -2.30. The van der Waals surface area contributed by atoms with Crippen LogP contribution in [-0.4, -0.2) is 17.8 Å². The predicted octanol–water partition coefficient (Wildman–Crippen LogP) is 4.35. The van der Waals surface area contributed by atoms with Gasteiger partial charge in [-0.3, -0.25) is 0 Å². The molecule has 0 spiro atoms. The van der Waals surface area contributed by atoms with Crippen LogP contribution >= 0.6 is 23.4 Å². The first kappa shape index (κ1) is 14.9. The van der Waals surface area contributed by atoms with Gasteiger partial charge in [0.15, 0.2) is 0 Å². The fraction of sp³-hybridized carbons (Fsp3) is 0.571. The van der Waals surface area contributed by atoms with E-state index in [0.717, 1.165) is 17.3 Å². The molecule has 0 bridgehead atoms. The van der Waals surface area contributed by atoms with Gasteiger partial charge in [-0.15, -0.1) is 0 Å². The van der Waals surface area contributed by atoms with E-state index in [1.165, 1.54) is 12.0 Å². The molecule has 1 rings (SSSR count). The lowest BCUT2D eigenvalue weighted by atomic mass is 10.2. The average Bonchev–Trinajstić information content (AvgIpc) is 2.35. The summed E-state index contributed by atoms with van der Waals surface area (Å²) in [6.45, 7) is 7.79. The molecule has 0 fully saturated rings. The molecule has 0 aliphatic carbocycles. The average molecular weight is 272 g/mol. The van der Waals surface area contributed by atoms with Crippen LogP contribution in [0.1, 0.15) is 32.8 Å². The number of hydrogen-bond donors (Lipinski definition) is 1. The standard InChI is InChI=1S/C14H22ClNS/c1-4-11(2)16-9-12(3)17-10-13-5-7-14(15)8-6-13/h5-8,11-12,16H,4,9-10H2,1-3H3. The SMILES string of the molecule is CCC(C)NCC(C)SCc1ccc(Cl)cc1. The maximum atomic E-state index is 5.86. The Morgan fingerprint density at radius 1 is 1.24 bits per heavy atom. The van der Waals surface area contributed by atoms with Gasteiger partial charge in [-0.2, -0.15) is 11.8 Å².